The molecule has 0 bridgehead atoms. The number of anilines is 2. The second-order valence-electron chi connectivity index (χ2n) is 5.85. The number of nitrogens with two attached hydrogens (primary N) is 1. The number of ether oxygens (including phenoxy) is 1. The summed E-state index contributed by atoms with van der Waals surface area (Å²) in [5, 5.41) is 12.0. The Morgan fingerprint density at radius 3 is 2.58 bits per heavy atom. The lowest BCUT2D eigenvalue weighted by Gasteiger charge is -2.26. The largest absolute Gasteiger partial charge is 0.399 e. The van der Waals surface area contributed by atoms with Gasteiger partial charge in [0.25, 0.3) is 5.91 Å². The molecule has 2 amide bonds. The van der Waals surface area contributed by atoms with Crippen molar-refractivity contribution >= 4 is 23.2 Å². The van der Waals surface area contributed by atoms with E-state index in [9.17, 15) is 14.9 Å². The van der Waals surface area contributed by atoms with Gasteiger partial charge in [0, 0.05) is 50.7 Å². The van der Waals surface area contributed by atoms with E-state index in [1.165, 1.54) is 18.0 Å². The van der Waals surface area contributed by atoms with E-state index in [1.807, 2.05) is 6.07 Å². The molecule has 26 heavy (non-hydrogen) atoms. The molecule has 1 aliphatic heterocycles. The maximum atomic E-state index is 12.3. The zero-order valence-electron chi connectivity index (χ0n) is 14.8. The van der Waals surface area contributed by atoms with Crippen LogP contribution in [-0.4, -0.2) is 56.1 Å². The van der Waals surface area contributed by atoms with Gasteiger partial charge in [-0.15, -0.1) is 0 Å². The molecule has 1 heterocycles. The molecule has 1 aliphatic rings. The lowest BCUT2D eigenvalue weighted by atomic mass is 10.2. The molecule has 0 aliphatic carbocycles. The minimum absolute atomic E-state index is 0.140. The van der Waals surface area contributed by atoms with Gasteiger partial charge in [-0.25, -0.2) is 0 Å². The lowest BCUT2D eigenvalue weighted by molar-refractivity contribution is -0.117. The summed E-state index contributed by atoms with van der Waals surface area (Å²) in [5.41, 5.74) is 6.59. The molecule has 3 N–H and O–H groups in total. The van der Waals surface area contributed by atoms with Gasteiger partial charge in [0.2, 0.25) is 5.91 Å². The molecule has 0 spiro atoms. The highest BCUT2D eigenvalue weighted by molar-refractivity contribution is 6.01. The number of carbonyl (C=O) groups excluding carboxylic acids is 2. The van der Waals surface area contributed by atoms with Crippen molar-refractivity contribution < 1.29 is 14.3 Å². The van der Waals surface area contributed by atoms with Gasteiger partial charge in [-0.2, -0.15) is 5.26 Å². The zero-order chi connectivity index (χ0) is 18.9. The second kappa shape index (κ2) is 9.56. The summed E-state index contributed by atoms with van der Waals surface area (Å²) in [6, 6.07) is 8.45. The summed E-state index contributed by atoms with van der Waals surface area (Å²) in [6.07, 6.45) is 1.25. The number of morpholine rings is 1. The normalized spacial score (nSPS) is 15.2. The molecule has 0 atom stereocenters. The third-order valence-electron chi connectivity index (χ3n) is 3.95. The fraction of sp³-hybridized carbons (Fsp3) is 0.389. The third kappa shape index (κ3) is 5.58. The van der Waals surface area contributed by atoms with E-state index in [-0.39, 0.29) is 11.5 Å². The first-order valence-electron chi connectivity index (χ1n) is 8.37. The number of nitrogens with zero attached hydrogens (tertiary/aromatic N) is 3. The van der Waals surface area contributed by atoms with Crippen LogP contribution in [0.4, 0.5) is 11.4 Å². The quantitative estimate of drug-likeness (QED) is 0.435. The van der Waals surface area contributed by atoms with Crippen molar-refractivity contribution in [1.82, 2.24) is 10.2 Å². The first kappa shape index (κ1) is 19.4. The summed E-state index contributed by atoms with van der Waals surface area (Å²) in [4.78, 5) is 27.6. The van der Waals surface area contributed by atoms with Gasteiger partial charge in [0.1, 0.15) is 11.6 Å². The number of amides is 2. The number of benzene rings is 1. The Balaban J connectivity index is 2.01. The summed E-state index contributed by atoms with van der Waals surface area (Å²) >= 11 is 0. The van der Waals surface area contributed by atoms with Crippen LogP contribution in [0.25, 0.3) is 0 Å². The van der Waals surface area contributed by atoms with E-state index in [1.54, 1.807) is 24.3 Å². The van der Waals surface area contributed by atoms with Crippen molar-refractivity contribution in [1.29, 1.82) is 5.26 Å². The Kier molecular flexibility index (Phi) is 7.14. The van der Waals surface area contributed by atoms with Crippen molar-refractivity contribution in [2.45, 2.75) is 6.92 Å². The lowest BCUT2D eigenvalue weighted by Crippen LogP contribution is -2.41. The Labute approximate surface area is 152 Å². The van der Waals surface area contributed by atoms with Crippen molar-refractivity contribution in [2.75, 3.05) is 50.0 Å². The monoisotopic (exact) mass is 357 g/mol. The standard InChI is InChI=1S/C18H23N5O3/c1-14(24)23(17-4-2-16(20)3-5-17)13-15(12-19)18(25)21-6-7-22-8-10-26-11-9-22/h2-5,13H,6-11,20H2,1H3,(H,21,25)/b15-13-. The van der Waals surface area contributed by atoms with E-state index in [0.29, 0.717) is 37.7 Å². The summed E-state index contributed by atoms with van der Waals surface area (Å²) in [6.45, 7) is 5.48. The van der Waals surface area contributed by atoms with Gasteiger partial charge >= 0.3 is 0 Å². The highest BCUT2D eigenvalue weighted by Crippen LogP contribution is 2.18. The molecule has 1 aromatic rings. The summed E-state index contributed by atoms with van der Waals surface area (Å²) in [5.74, 6) is -0.828. The van der Waals surface area contributed by atoms with E-state index in [2.05, 4.69) is 10.2 Å². The van der Waals surface area contributed by atoms with E-state index in [0.717, 1.165) is 13.1 Å². The number of nitrogen functional groups attached to an aromatic ring is 1. The van der Waals surface area contributed by atoms with Crippen LogP contribution in [0, 0.1) is 11.3 Å². The smallest absolute Gasteiger partial charge is 0.263 e. The molecular weight excluding hydrogens is 334 g/mol. The molecule has 0 aromatic heterocycles. The highest BCUT2D eigenvalue weighted by atomic mass is 16.5. The number of rotatable bonds is 6. The second-order valence-corrected chi connectivity index (χ2v) is 5.85. The Bertz CT molecular complexity index is 703. The SMILES string of the molecule is CC(=O)N(/C=C(/C#N)C(=O)NCCN1CCOCC1)c1ccc(N)cc1. The van der Waals surface area contributed by atoms with Gasteiger partial charge in [-0.3, -0.25) is 19.4 Å². The summed E-state index contributed by atoms with van der Waals surface area (Å²) in [7, 11) is 0. The minimum Gasteiger partial charge on any atom is -0.399 e. The molecule has 0 radical (unpaired) electrons. The minimum atomic E-state index is -0.512. The molecule has 8 nitrogen and oxygen atoms in total. The predicted octanol–water partition coefficient (Wildman–Crippen LogP) is 0.478. The van der Waals surface area contributed by atoms with Crippen LogP contribution in [0.5, 0.6) is 0 Å². The zero-order valence-corrected chi connectivity index (χ0v) is 14.8. The molecule has 2 rings (SSSR count). The van der Waals surface area contributed by atoms with E-state index in [4.69, 9.17) is 10.5 Å². The van der Waals surface area contributed by atoms with Crippen LogP contribution in [0.3, 0.4) is 0 Å². The fourth-order valence-corrected chi connectivity index (χ4v) is 2.50. The van der Waals surface area contributed by atoms with E-state index >= 15 is 0 Å². The number of nitrogens with one attached hydrogen (secondary N) is 1. The Morgan fingerprint density at radius 1 is 1.35 bits per heavy atom. The first-order valence-corrected chi connectivity index (χ1v) is 8.37. The summed E-state index contributed by atoms with van der Waals surface area (Å²) < 4.78 is 5.27. The van der Waals surface area contributed by atoms with Crippen molar-refractivity contribution in [3.63, 3.8) is 0 Å². The van der Waals surface area contributed by atoms with Gasteiger partial charge < -0.3 is 15.8 Å². The molecule has 1 aromatic carbocycles. The average Bonchev–Trinajstić information content (AvgIpc) is 2.64. The van der Waals surface area contributed by atoms with Crippen molar-refractivity contribution in [2.24, 2.45) is 0 Å². The number of hydrogen-bond acceptors (Lipinski definition) is 6. The molecule has 1 fully saturated rings. The highest BCUT2D eigenvalue weighted by Gasteiger charge is 2.16. The average molecular weight is 357 g/mol. The topological polar surface area (TPSA) is 112 Å². The predicted molar refractivity (Wildman–Crippen MR) is 98.0 cm³/mol. The molecule has 0 unspecified atom stereocenters. The van der Waals surface area contributed by atoms with Gasteiger partial charge in [-0.1, -0.05) is 0 Å². The van der Waals surface area contributed by atoms with Crippen LogP contribution in [0.2, 0.25) is 0 Å². The molecule has 1 saturated heterocycles. The van der Waals surface area contributed by atoms with Crippen LogP contribution in [0.15, 0.2) is 36.0 Å². The van der Waals surface area contributed by atoms with Crippen LogP contribution < -0.4 is 16.0 Å². The first-order chi connectivity index (χ1) is 12.5. The van der Waals surface area contributed by atoms with Gasteiger partial charge in [0.15, 0.2) is 0 Å². The number of hydrogen-bond donors (Lipinski definition) is 2. The molecule has 138 valence electrons. The Hall–Kier alpha value is -2.89. The molecular formula is C18H23N5O3. The molecule has 0 saturated carbocycles. The van der Waals surface area contributed by atoms with Crippen LogP contribution >= 0.6 is 0 Å². The van der Waals surface area contributed by atoms with Crippen LogP contribution in [0.1, 0.15) is 6.92 Å². The van der Waals surface area contributed by atoms with Gasteiger partial charge in [-0.05, 0) is 24.3 Å². The number of nitriles is 1. The third-order valence-corrected chi connectivity index (χ3v) is 3.95. The van der Waals surface area contributed by atoms with Crippen LogP contribution in [-0.2, 0) is 14.3 Å². The van der Waals surface area contributed by atoms with Crippen molar-refractivity contribution in [3.8, 4) is 6.07 Å². The Morgan fingerprint density at radius 2 is 2.00 bits per heavy atom. The van der Waals surface area contributed by atoms with E-state index < -0.39 is 5.91 Å². The van der Waals surface area contributed by atoms with Crippen molar-refractivity contribution in [3.05, 3.63) is 36.0 Å². The maximum Gasteiger partial charge on any atom is 0.263 e. The maximum absolute atomic E-state index is 12.3. The van der Waals surface area contributed by atoms with Gasteiger partial charge in [0.05, 0.1) is 13.2 Å². The fourth-order valence-electron chi connectivity index (χ4n) is 2.50. The number of carbonyl (C=O) groups is 2. The molecule has 8 heteroatoms.